The van der Waals surface area contributed by atoms with Gasteiger partial charge in [-0.25, -0.2) is 9.07 Å². The van der Waals surface area contributed by atoms with E-state index in [1.807, 2.05) is 30.0 Å². The molecule has 4 rings (SSSR count). The molecule has 31 heavy (non-hydrogen) atoms. The van der Waals surface area contributed by atoms with Crippen molar-refractivity contribution in [3.05, 3.63) is 71.8 Å². The van der Waals surface area contributed by atoms with Crippen LogP contribution >= 0.6 is 11.8 Å². The van der Waals surface area contributed by atoms with E-state index in [2.05, 4.69) is 27.2 Å². The summed E-state index contributed by atoms with van der Waals surface area (Å²) in [5, 5.41) is 8.29. The molecule has 2 aromatic carbocycles. The molecule has 1 aliphatic heterocycles. The number of amides is 1. The number of hydrogen-bond acceptors (Lipinski definition) is 6. The van der Waals surface area contributed by atoms with Gasteiger partial charge in [0, 0.05) is 38.3 Å². The first-order chi connectivity index (χ1) is 15.0. The first-order valence-corrected chi connectivity index (χ1v) is 11.1. The van der Waals surface area contributed by atoms with Gasteiger partial charge in [-0.3, -0.25) is 4.79 Å². The fourth-order valence-electron chi connectivity index (χ4n) is 3.61. The van der Waals surface area contributed by atoms with E-state index in [4.69, 9.17) is 5.84 Å². The highest BCUT2D eigenvalue weighted by Gasteiger charge is 2.27. The third-order valence-corrected chi connectivity index (χ3v) is 6.43. The van der Waals surface area contributed by atoms with E-state index in [0.717, 1.165) is 13.1 Å². The first-order valence-electron chi connectivity index (χ1n) is 10.2. The van der Waals surface area contributed by atoms with E-state index in [-0.39, 0.29) is 23.4 Å². The van der Waals surface area contributed by atoms with Crippen LogP contribution in [-0.4, -0.2) is 57.1 Å². The van der Waals surface area contributed by atoms with E-state index in [1.54, 1.807) is 18.2 Å². The van der Waals surface area contributed by atoms with Crippen LogP contribution in [0.1, 0.15) is 18.3 Å². The summed E-state index contributed by atoms with van der Waals surface area (Å²) < 4.78 is 15.3. The lowest BCUT2D eigenvalue weighted by Gasteiger charge is -2.37. The van der Waals surface area contributed by atoms with Crippen LogP contribution in [0.25, 0.3) is 0 Å². The van der Waals surface area contributed by atoms with E-state index >= 15 is 0 Å². The van der Waals surface area contributed by atoms with Gasteiger partial charge in [0.2, 0.25) is 11.1 Å². The van der Waals surface area contributed by atoms with Crippen LogP contribution < -0.4 is 10.7 Å². The van der Waals surface area contributed by atoms with E-state index in [1.165, 1.54) is 28.2 Å². The second-order valence-corrected chi connectivity index (χ2v) is 8.75. The summed E-state index contributed by atoms with van der Waals surface area (Å²) in [6.07, 6.45) is 0.237. The minimum Gasteiger partial charge on any atom is -0.368 e. The third-order valence-electron chi connectivity index (χ3n) is 5.38. The SMILES string of the molecule is C[C@@H](Sc1nnc(Cc2ccccc2F)n1N)C(=O)N1CCN(c2ccccc2)CC1. The number of nitrogen functional groups attached to an aromatic ring is 1. The Morgan fingerprint density at radius 2 is 1.74 bits per heavy atom. The van der Waals surface area contributed by atoms with Crippen molar-refractivity contribution in [2.24, 2.45) is 0 Å². The van der Waals surface area contributed by atoms with E-state index in [0.29, 0.717) is 29.6 Å². The molecule has 1 amide bonds. The van der Waals surface area contributed by atoms with Crippen LogP contribution in [0.5, 0.6) is 0 Å². The summed E-state index contributed by atoms with van der Waals surface area (Å²) in [6.45, 7) is 4.79. The second kappa shape index (κ2) is 9.38. The summed E-state index contributed by atoms with van der Waals surface area (Å²) in [6, 6.07) is 16.7. The number of nitrogens with zero attached hydrogens (tertiary/aromatic N) is 5. The van der Waals surface area contributed by atoms with E-state index in [9.17, 15) is 9.18 Å². The van der Waals surface area contributed by atoms with Gasteiger partial charge >= 0.3 is 0 Å². The van der Waals surface area contributed by atoms with Gasteiger partial charge in [-0.15, -0.1) is 10.2 Å². The van der Waals surface area contributed by atoms with Crippen molar-refractivity contribution >= 4 is 23.4 Å². The Morgan fingerprint density at radius 1 is 1.06 bits per heavy atom. The Balaban J connectivity index is 1.34. The molecule has 0 bridgehead atoms. The van der Waals surface area contributed by atoms with Crippen molar-refractivity contribution in [2.75, 3.05) is 36.9 Å². The fraction of sp³-hybridized carbons (Fsp3) is 0.318. The lowest BCUT2D eigenvalue weighted by atomic mass is 10.1. The van der Waals surface area contributed by atoms with Gasteiger partial charge in [0.15, 0.2) is 5.82 Å². The summed E-state index contributed by atoms with van der Waals surface area (Å²) in [5.41, 5.74) is 1.68. The number of nitrogens with two attached hydrogens (primary N) is 1. The number of carbonyl (C=O) groups is 1. The number of benzene rings is 2. The summed E-state index contributed by atoms with van der Waals surface area (Å²) in [5.74, 6) is 6.32. The predicted molar refractivity (Wildman–Crippen MR) is 120 cm³/mol. The standard InChI is InChI=1S/C22H25FN6OS/c1-16(21(30)28-13-11-27(12-14-28)18-8-3-2-4-9-18)31-22-26-25-20(29(22)24)15-17-7-5-6-10-19(17)23/h2-10,16H,11-15,24H2,1H3/t16-/m1/s1. The lowest BCUT2D eigenvalue weighted by molar-refractivity contribution is -0.130. The van der Waals surface area contributed by atoms with Gasteiger partial charge in [0.1, 0.15) is 5.82 Å². The quantitative estimate of drug-likeness (QED) is 0.469. The van der Waals surface area contributed by atoms with Crippen LogP contribution in [-0.2, 0) is 11.2 Å². The summed E-state index contributed by atoms with van der Waals surface area (Å²) in [4.78, 5) is 17.1. The van der Waals surface area contributed by atoms with Crippen molar-refractivity contribution < 1.29 is 9.18 Å². The maximum atomic E-state index is 13.9. The van der Waals surface area contributed by atoms with Crippen LogP contribution in [0.2, 0.25) is 0 Å². The lowest BCUT2D eigenvalue weighted by Crippen LogP contribution is -2.50. The highest BCUT2D eigenvalue weighted by Crippen LogP contribution is 2.24. The summed E-state index contributed by atoms with van der Waals surface area (Å²) >= 11 is 1.27. The number of anilines is 1. The molecule has 0 spiro atoms. The Hall–Kier alpha value is -3.07. The molecule has 1 saturated heterocycles. The maximum absolute atomic E-state index is 13.9. The average Bonchev–Trinajstić information content (AvgIpc) is 3.14. The van der Waals surface area contributed by atoms with Gasteiger partial charge < -0.3 is 15.6 Å². The van der Waals surface area contributed by atoms with Crippen LogP contribution in [0.4, 0.5) is 10.1 Å². The fourth-order valence-corrected chi connectivity index (χ4v) is 4.48. The second-order valence-electron chi connectivity index (χ2n) is 7.44. The van der Waals surface area contributed by atoms with Crippen molar-refractivity contribution in [1.29, 1.82) is 0 Å². The number of thioether (sulfide) groups is 1. The Kier molecular flexibility index (Phi) is 6.41. The Morgan fingerprint density at radius 3 is 2.45 bits per heavy atom. The number of carbonyl (C=O) groups excluding carboxylic acids is 1. The third kappa shape index (κ3) is 4.82. The zero-order valence-corrected chi connectivity index (χ0v) is 18.1. The van der Waals surface area contributed by atoms with Crippen LogP contribution in [0, 0.1) is 5.82 Å². The predicted octanol–water partition coefficient (Wildman–Crippen LogP) is 2.55. The molecule has 7 nitrogen and oxygen atoms in total. The number of piperazine rings is 1. The number of para-hydroxylation sites is 1. The van der Waals surface area contributed by atoms with Gasteiger partial charge in [0.25, 0.3) is 0 Å². The molecule has 2 heterocycles. The van der Waals surface area contributed by atoms with Gasteiger partial charge in [0.05, 0.1) is 5.25 Å². The number of hydrogen-bond donors (Lipinski definition) is 1. The van der Waals surface area contributed by atoms with Gasteiger partial charge in [-0.1, -0.05) is 48.2 Å². The molecule has 0 aliphatic carbocycles. The summed E-state index contributed by atoms with van der Waals surface area (Å²) in [7, 11) is 0. The minimum absolute atomic E-state index is 0.0522. The monoisotopic (exact) mass is 440 g/mol. The molecule has 0 radical (unpaired) electrons. The molecule has 3 aromatic rings. The maximum Gasteiger partial charge on any atom is 0.236 e. The van der Waals surface area contributed by atoms with Gasteiger partial charge in [-0.2, -0.15) is 0 Å². The molecule has 162 valence electrons. The molecule has 1 aliphatic rings. The first kappa shape index (κ1) is 21.2. The van der Waals surface area contributed by atoms with Gasteiger partial charge in [-0.05, 0) is 30.7 Å². The van der Waals surface area contributed by atoms with Crippen LogP contribution in [0.3, 0.4) is 0 Å². The molecular weight excluding hydrogens is 415 g/mol. The minimum atomic E-state index is -0.351. The zero-order valence-electron chi connectivity index (χ0n) is 17.3. The van der Waals surface area contributed by atoms with Crippen molar-refractivity contribution in [3.63, 3.8) is 0 Å². The highest BCUT2D eigenvalue weighted by atomic mass is 32.2. The zero-order chi connectivity index (χ0) is 21.8. The normalized spacial score (nSPS) is 15.2. The number of halogens is 1. The topological polar surface area (TPSA) is 80.3 Å². The molecule has 9 heteroatoms. The molecule has 1 fully saturated rings. The number of aromatic nitrogens is 3. The molecule has 0 saturated carbocycles. The van der Waals surface area contributed by atoms with Crippen molar-refractivity contribution in [1.82, 2.24) is 19.8 Å². The Bertz CT molecular complexity index is 1040. The molecule has 1 aromatic heterocycles. The Labute approximate surface area is 185 Å². The molecular formula is C22H25FN6OS. The molecule has 1 atom stereocenters. The van der Waals surface area contributed by atoms with Crippen molar-refractivity contribution in [2.45, 2.75) is 23.8 Å². The highest BCUT2D eigenvalue weighted by molar-refractivity contribution is 8.00. The number of rotatable bonds is 6. The van der Waals surface area contributed by atoms with Crippen LogP contribution in [0.15, 0.2) is 59.8 Å². The van der Waals surface area contributed by atoms with E-state index < -0.39 is 0 Å². The molecule has 2 N–H and O–H groups in total. The largest absolute Gasteiger partial charge is 0.368 e. The smallest absolute Gasteiger partial charge is 0.236 e. The molecule has 0 unspecified atom stereocenters. The average molecular weight is 441 g/mol. The van der Waals surface area contributed by atoms with Crippen molar-refractivity contribution in [3.8, 4) is 0 Å².